The summed E-state index contributed by atoms with van der Waals surface area (Å²) in [5.41, 5.74) is 9.09. The number of rotatable bonds is 8. The van der Waals surface area contributed by atoms with Crippen molar-refractivity contribution in [3.63, 3.8) is 0 Å². The van der Waals surface area contributed by atoms with E-state index in [1.54, 1.807) is 29.0 Å². The first-order valence-electron chi connectivity index (χ1n) is 17.1. The van der Waals surface area contributed by atoms with Gasteiger partial charge >= 0.3 is 0 Å². The van der Waals surface area contributed by atoms with Gasteiger partial charge in [-0.3, -0.25) is 0 Å². The molecule has 2 N–H and O–H groups in total. The van der Waals surface area contributed by atoms with Gasteiger partial charge < -0.3 is 15.5 Å². The van der Waals surface area contributed by atoms with Gasteiger partial charge in [0, 0.05) is 58.7 Å². The van der Waals surface area contributed by atoms with E-state index in [9.17, 15) is 0 Å². The number of aliphatic imine (C=N–C) groups is 4. The monoisotopic (exact) mass is 684 g/mol. The molecule has 0 atom stereocenters. The highest BCUT2D eigenvalue weighted by Gasteiger charge is 2.32. The van der Waals surface area contributed by atoms with E-state index in [0.29, 0.717) is 17.8 Å². The van der Waals surface area contributed by atoms with Gasteiger partial charge in [0.15, 0.2) is 10.3 Å². The third-order valence-electron chi connectivity index (χ3n) is 9.76. The zero-order valence-corrected chi connectivity index (χ0v) is 28.7. The first kappa shape index (κ1) is 30.1. The van der Waals surface area contributed by atoms with Crippen molar-refractivity contribution in [1.82, 2.24) is 14.9 Å². The molecule has 12 heteroatoms. The molecule has 2 aromatic carbocycles. The quantitative estimate of drug-likeness (QED) is 0.192. The van der Waals surface area contributed by atoms with E-state index in [4.69, 9.17) is 9.98 Å². The standard InChI is InChI=1S/C37H36N10S2/c1-3-7-24(8-4-1)25-9-11-28(30(19-25)44-36-38-13-17-48-36)31-21-27-22-32(43-35-41-23-40-34(42-31)47(27)35)29-12-10-26(46-15-5-2-6-16-46)20-33(29)45-37-39-14-18-49-37/h9-14,17-24H,1-8,15-16H2,(H,38,44)(H,39,45). The average Bonchev–Trinajstić information content (AvgIpc) is 3.87. The van der Waals surface area contributed by atoms with E-state index in [1.807, 2.05) is 28.1 Å². The molecule has 10 nitrogen and oxygen atoms in total. The van der Waals surface area contributed by atoms with Crippen LogP contribution in [0.4, 0.5) is 27.3 Å². The van der Waals surface area contributed by atoms with Gasteiger partial charge in [-0.1, -0.05) is 31.4 Å². The summed E-state index contributed by atoms with van der Waals surface area (Å²) in [6.07, 6.45) is 19.5. The molecule has 0 unspecified atom stereocenters. The molecule has 1 saturated carbocycles. The number of anilines is 5. The molecule has 2 aromatic heterocycles. The van der Waals surface area contributed by atoms with Crippen molar-refractivity contribution in [2.24, 2.45) is 20.0 Å². The number of guanidine groups is 2. The molecule has 4 aliphatic heterocycles. The fourth-order valence-corrected chi connectivity index (χ4v) is 8.40. The van der Waals surface area contributed by atoms with Crippen LogP contribution in [0.5, 0.6) is 0 Å². The van der Waals surface area contributed by atoms with Crippen LogP contribution >= 0.6 is 22.7 Å². The number of hydrogen-bond acceptors (Lipinski definition) is 12. The van der Waals surface area contributed by atoms with Crippen LogP contribution in [0.3, 0.4) is 0 Å². The molecule has 1 saturated heterocycles. The Kier molecular flexibility index (Phi) is 8.10. The number of thiazole rings is 2. The van der Waals surface area contributed by atoms with Crippen molar-refractivity contribution in [3.05, 3.63) is 94.1 Å². The minimum atomic E-state index is 0.547. The molecule has 246 valence electrons. The second-order valence-corrected chi connectivity index (χ2v) is 14.6. The summed E-state index contributed by atoms with van der Waals surface area (Å²) in [6, 6.07) is 13.4. The summed E-state index contributed by atoms with van der Waals surface area (Å²) < 4.78 is 0. The van der Waals surface area contributed by atoms with Gasteiger partial charge in [0.1, 0.15) is 6.34 Å². The summed E-state index contributed by atoms with van der Waals surface area (Å²) in [5, 5.41) is 12.9. The highest BCUT2D eigenvalue weighted by molar-refractivity contribution is 7.14. The van der Waals surface area contributed by atoms with Crippen LogP contribution in [0.1, 0.15) is 74.0 Å². The number of hydrogen-bond donors (Lipinski definition) is 2. The van der Waals surface area contributed by atoms with Gasteiger partial charge in [0.2, 0.25) is 11.9 Å². The second-order valence-electron chi connectivity index (χ2n) is 12.9. The zero-order valence-electron chi connectivity index (χ0n) is 27.0. The fraction of sp³-hybridized carbons (Fsp3) is 0.297. The smallest absolute Gasteiger partial charge is 0.239 e. The molecular weight excluding hydrogens is 649 g/mol. The number of nitrogens with one attached hydrogen (secondary N) is 2. The Labute approximate surface area is 293 Å². The molecule has 0 radical (unpaired) electrons. The van der Waals surface area contributed by atoms with E-state index in [2.05, 4.69) is 84.0 Å². The third-order valence-corrected chi connectivity index (χ3v) is 11.1. The minimum Gasteiger partial charge on any atom is -0.371 e. The molecule has 49 heavy (non-hydrogen) atoms. The third kappa shape index (κ3) is 6.10. The van der Waals surface area contributed by atoms with Crippen molar-refractivity contribution in [2.45, 2.75) is 57.3 Å². The molecule has 5 aliphatic rings. The van der Waals surface area contributed by atoms with Crippen LogP contribution in [-0.4, -0.2) is 51.9 Å². The van der Waals surface area contributed by atoms with Crippen LogP contribution in [0.25, 0.3) is 5.70 Å². The van der Waals surface area contributed by atoms with E-state index < -0.39 is 0 Å². The van der Waals surface area contributed by atoms with E-state index >= 15 is 0 Å². The summed E-state index contributed by atoms with van der Waals surface area (Å²) in [7, 11) is 0. The Bertz CT molecular complexity index is 1940. The van der Waals surface area contributed by atoms with Crippen LogP contribution in [0, 0.1) is 0 Å². The normalized spacial score (nSPS) is 19.0. The maximum atomic E-state index is 5.05. The minimum absolute atomic E-state index is 0.547. The van der Waals surface area contributed by atoms with E-state index in [1.165, 1.54) is 62.6 Å². The molecule has 2 fully saturated rings. The molecule has 0 spiro atoms. The number of benzene rings is 2. The SMILES string of the molecule is C1=NC2=NC(c3ccc(N4CCCCC4)cc3Nc3nccs3)=CC3=CC(c4ccc(C5CCCCC5)cc4Nc4nccs4)=NC(=N1)N32. The molecule has 0 bridgehead atoms. The summed E-state index contributed by atoms with van der Waals surface area (Å²) in [6.45, 7) is 2.14. The van der Waals surface area contributed by atoms with Crippen molar-refractivity contribution >= 4 is 79.7 Å². The predicted molar refractivity (Wildman–Crippen MR) is 203 cm³/mol. The van der Waals surface area contributed by atoms with Gasteiger partial charge in [-0.25, -0.2) is 34.8 Å². The van der Waals surface area contributed by atoms with Gasteiger partial charge in [-0.2, -0.15) is 0 Å². The number of piperidine rings is 1. The predicted octanol–water partition coefficient (Wildman–Crippen LogP) is 8.92. The fourth-order valence-electron chi connectivity index (χ4n) is 7.32. The Morgan fingerprint density at radius 1 is 0.714 bits per heavy atom. The highest BCUT2D eigenvalue weighted by atomic mass is 32.1. The van der Waals surface area contributed by atoms with Crippen LogP contribution in [0.2, 0.25) is 0 Å². The Balaban J connectivity index is 1.12. The largest absolute Gasteiger partial charge is 0.371 e. The maximum Gasteiger partial charge on any atom is 0.239 e. The lowest BCUT2D eigenvalue weighted by molar-refractivity contribution is 0.444. The molecule has 0 amide bonds. The maximum absolute atomic E-state index is 5.05. The first-order valence-corrected chi connectivity index (χ1v) is 18.9. The van der Waals surface area contributed by atoms with Crippen LogP contribution in [0.15, 0.2) is 97.4 Å². The van der Waals surface area contributed by atoms with Gasteiger partial charge in [-0.05, 0) is 80.0 Å². The summed E-state index contributed by atoms with van der Waals surface area (Å²) in [5.74, 6) is 1.68. The Hall–Kier alpha value is -4.94. The van der Waals surface area contributed by atoms with Crippen molar-refractivity contribution in [3.8, 4) is 0 Å². The van der Waals surface area contributed by atoms with Crippen molar-refractivity contribution < 1.29 is 0 Å². The summed E-state index contributed by atoms with van der Waals surface area (Å²) in [4.78, 5) is 32.7. The number of nitrogens with zero attached hydrogens (tertiary/aromatic N) is 8. The Morgan fingerprint density at radius 2 is 1.45 bits per heavy atom. The van der Waals surface area contributed by atoms with Crippen molar-refractivity contribution in [1.29, 1.82) is 0 Å². The molecule has 1 aliphatic carbocycles. The average molecular weight is 685 g/mol. The molecule has 4 aromatic rings. The van der Waals surface area contributed by atoms with Gasteiger partial charge in [0.25, 0.3) is 0 Å². The molecular formula is C37H36N10S2. The lowest BCUT2D eigenvalue weighted by Gasteiger charge is -2.32. The zero-order chi connectivity index (χ0) is 32.6. The lowest BCUT2D eigenvalue weighted by atomic mass is 9.83. The topological polar surface area (TPSA) is 106 Å². The van der Waals surface area contributed by atoms with Gasteiger partial charge in [0.05, 0.1) is 22.8 Å². The number of allylic oxidation sites excluding steroid dienone is 2. The number of aromatic nitrogens is 2. The second kappa shape index (κ2) is 13.2. The first-order chi connectivity index (χ1) is 24.2. The molecule has 6 heterocycles. The Morgan fingerprint density at radius 3 is 2.20 bits per heavy atom. The van der Waals surface area contributed by atoms with E-state index in [-0.39, 0.29) is 0 Å². The van der Waals surface area contributed by atoms with Gasteiger partial charge in [-0.15, -0.1) is 22.7 Å². The van der Waals surface area contributed by atoms with Crippen LogP contribution in [-0.2, 0) is 0 Å². The van der Waals surface area contributed by atoms with Crippen molar-refractivity contribution in [2.75, 3.05) is 28.6 Å². The van der Waals surface area contributed by atoms with E-state index in [0.717, 1.165) is 63.0 Å². The summed E-state index contributed by atoms with van der Waals surface area (Å²) >= 11 is 3.17. The lowest BCUT2D eigenvalue weighted by Crippen LogP contribution is -2.40. The molecule has 9 rings (SSSR count). The van der Waals surface area contributed by atoms with Crippen LogP contribution < -0.4 is 15.5 Å². The highest BCUT2D eigenvalue weighted by Crippen LogP contribution is 2.39.